The first-order chi connectivity index (χ1) is 14.3. The fraction of sp³-hybridized carbons (Fsp3) is 0.737. The van der Waals surface area contributed by atoms with Crippen molar-refractivity contribution in [2.75, 3.05) is 39.4 Å². The lowest BCUT2D eigenvalue weighted by Gasteiger charge is -2.41. The maximum Gasteiger partial charge on any atom is 0.248 e. The number of sulfonamides is 1. The zero-order chi connectivity index (χ0) is 21.5. The largest absolute Gasteiger partial charge is 0.593 e. The normalized spacial score (nSPS) is 26.2. The summed E-state index contributed by atoms with van der Waals surface area (Å²) in [6.07, 6.45) is 2.53. The summed E-state index contributed by atoms with van der Waals surface area (Å²) in [5.74, 6) is 0.0785. The summed E-state index contributed by atoms with van der Waals surface area (Å²) in [6.45, 7) is 5.75. The molecule has 4 heterocycles. The molecular weight excluding hydrogens is 412 g/mol. The van der Waals surface area contributed by atoms with E-state index in [0.29, 0.717) is 64.2 Å². The van der Waals surface area contributed by atoms with Crippen LogP contribution in [0.5, 0.6) is 0 Å². The SMILES string of the molecule is Cc1noc(C)c1[S+](=O)([O-])N1CCCC1C(=O)N1CCC(N2CCOCC2=O)CC1. The summed E-state index contributed by atoms with van der Waals surface area (Å²) < 4.78 is 38.0. The van der Waals surface area contributed by atoms with Crippen molar-refractivity contribution in [2.45, 2.75) is 56.5 Å². The monoisotopic (exact) mass is 440 g/mol. The Balaban J connectivity index is 1.43. The standard InChI is InChI=1S/C19H28N4O6S/c1-13-18(14(2)29-20-13)30(26,27)23-7-3-4-16(23)19(25)21-8-5-15(6-9-21)22-10-11-28-12-17(22)24/h15-16H,3-12H2,1-2H3. The molecule has 3 saturated heterocycles. The summed E-state index contributed by atoms with van der Waals surface area (Å²) in [4.78, 5) is 29.0. The van der Waals surface area contributed by atoms with Crippen molar-refractivity contribution in [2.24, 2.45) is 0 Å². The second-order valence-electron chi connectivity index (χ2n) is 8.12. The zero-order valence-electron chi connectivity index (χ0n) is 17.4. The van der Waals surface area contributed by atoms with Crippen LogP contribution in [0.1, 0.15) is 37.1 Å². The lowest BCUT2D eigenvalue weighted by molar-refractivity contribution is -0.147. The molecular formula is C19H28N4O6S. The molecule has 0 aromatic carbocycles. The molecule has 166 valence electrons. The molecule has 1 aromatic heterocycles. The van der Waals surface area contributed by atoms with Crippen LogP contribution in [0.3, 0.4) is 0 Å². The number of carbonyl (C=O) groups is 2. The van der Waals surface area contributed by atoms with Gasteiger partial charge in [-0.25, -0.2) is 0 Å². The molecule has 3 aliphatic heterocycles. The molecule has 30 heavy (non-hydrogen) atoms. The quantitative estimate of drug-likeness (QED) is 0.626. The van der Waals surface area contributed by atoms with E-state index in [9.17, 15) is 18.4 Å². The Hall–Kier alpha value is -1.82. The maximum absolute atomic E-state index is 13.2. The lowest BCUT2D eigenvalue weighted by atomic mass is 10.0. The Kier molecular flexibility index (Phi) is 5.97. The minimum atomic E-state index is -3.86. The van der Waals surface area contributed by atoms with Crippen LogP contribution in [0, 0.1) is 13.8 Å². The van der Waals surface area contributed by atoms with Gasteiger partial charge in [-0.05, 0) is 32.6 Å². The van der Waals surface area contributed by atoms with Gasteiger partial charge < -0.3 is 23.6 Å². The number of nitrogens with zero attached hydrogens (tertiary/aromatic N) is 4. The van der Waals surface area contributed by atoms with Gasteiger partial charge in [-0.2, -0.15) is 0 Å². The van der Waals surface area contributed by atoms with E-state index in [4.69, 9.17) is 9.26 Å². The maximum atomic E-state index is 13.2. The van der Waals surface area contributed by atoms with Crippen LogP contribution in [-0.2, 0) is 28.9 Å². The number of hydrogen-bond donors (Lipinski definition) is 0. The molecule has 10 nitrogen and oxygen atoms in total. The first-order valence-electron chi connectivity index (χ1n) is 10.4. The van der Waals surface area contributed by atoms with Gasteiger partial charge in [0.2, 0.25) is 16.7 Å². The molecule has 0 N–H and O–H groups in total. The van der Waals surface area contributed by atoms with E-state index < -0.39 is 16.4 Å². The van der Waals surface area contributed by atoms with Gasteiger partial charge in [0.15, 0.2) is 16.2 Å². The molecule has 0 aliphatic carbocycles. The summed E-state index contributed by atoms with van der Waals surface area (Å²) in [7, 11) is -3.86. The van der Waals surface area contributed by atoms with E-state index in [-0.39, 0.29) is 35.1 Å². The molecule has 2 atom stereocenters. The fourth-order valence-corrected chi connectivity index (χ4v) is 6.71. The first kappa shape index (κ1) is 21.4. The Morgan fingerprint density at radius 3 is 2.53 bits per heavy atom. The summed E-state index contributed by atoms with van der Waals surface area (Å²) >= 11 is 0. The van der Waals surface area contributed by atoms with E-state index in [1.54, 1.807) is 18.7 Å². The molecule has 4 rings (SSSR count). The number of morpholine rings is 1. The highest BCUT2D eigenvalue weighted by molar-refractivity contribution is 7.95. The minimum Gasteiger partial charge on any atom is -0.593 e. The molecule has 3 fully saturated rings. The van der Waals surface area contributed by atoms with Crippen LogP contribution in [0.2, 0.25) is 0 Å². The van der Waals surface area contributed by atoms with Crippen molar-refractivity contribution in [3.05, 3.63) is 11.5 Å². The highest BCUT2D eigenvalue weighted by Crippen LogP contribution is 2.34. The number of carbonyl (C=O) groups excluding carboxylic acids is 2. The van der Waals surface area contributed by atoms with Crippen molar-refractivity contribution >= 4 is 22.2 Å². The molecule has 3 aliphatic rings. The molecule has 0 saturated carbocycles. The van der Waals surface area contributed by atoms with E-state index in [1.807, 2.05) is 4.90 Å². The molecule has 0 radical (unpaired) electrons. The predicted octanol–water partition coefficient (Wildman–Crippen LogP) is 0.509. The third kappa shape index (κ3) is 3.79. The number of aryl methyl sites for hydroxylation is 2. The summed E-state index contributed by atoms with van der Waals surface area (Å²) in [6, 6.07) is -0.596. The van der Waals surface area contributed by atoms with Gasteiger partial charge in [0, 0.05) is 39.1 Å². The van der Waals surface area contributed by atoms with Crippen molar-refractivity contribution in [1.29, 1.82) is 0 Å². The Morgan fingerprint density at radius 1 is 1.17 bits per heavy atom. The molecule has 1 aromatic rings. The summed E-state index contributed by atoms with van der Waals surface area (Å²) in [5, 5.41) is 3.76. The number of amides is 2. The van der Waals surface area contributed by atoms with Crippen molar-refractivity contribution in [3.63, 3.8) is 0 Å². The van der Waals surface area contributed by atoms with Crippen molar-refractivity contribution in [1.82, 2.24) is 19.3 Å². The van der Waals surface area contributed by atoms with Crippen LogP contribution in [-0.4, -0.2) is 87.1 Å². The first-order valence-corrected chi connectivity index (χ1v) is 11.9. The van der Waals surface area contributed by atoms with E-state index in [2.05, 4.69) is 5.16 Å². The van der Waals surface area contributed by atoms with Gasteiger partial charge in [0.05, 0.1) is 6.61 Å². The second-order valence-corrected chi connectivity index (χ2v) is 9.95. The van der Waals surface area contributed by atoms with Crippen molar-refractivity contribution in [3.8, 4) is 0 Å². The zero-order valence-corrected chi connectivity index (χ0v) is 18.2. The van der Waals surface area contributed by atoms with Gasteiger partial charge in [-0.15, -0.1) is 4.31 Å². The average molecular weight is 441 g/mol. The Morgan fingerprint density at radius 2 is 1.90 bits per heavy atom. The van der Waals surface area contributed by atoms with Gasteiger partial charge in [0.1, 0.15) is 18.3 Å². The van der Waals surface area contributed by atoms with Crippen LogP contribution in [0.25, 0.3) is 0 Å². The smallest absolute Gasteiger partial charge is 0.248 e. The topological polar surface area (TPSA) is 119 Å². The average Bonchev–Trinajstić information content (AvgIpc) is 3.35. The third-order valence-electron chi connectivity index (χ3n) is 6.26. The number of ether oxygens (including phenoxy) is 1. The number of rotatable bonds is 4. The molecule has 2 amide bonds. The summed E-state index contributed by atoms with van der Waals surface area (Å²) in [5.41, 5.74) is 0.307. The van der Waals surface area contributed by atoms with Crippen LogP contribution in [0.15, 0.2) is 9.42 Å². The highest BCUT2D eigenvalue weighted by Gasteiger charge is 2.47. The number of aromatic nitrogens is 1. The van der Waals surface area contributed by atoms with Gasteiger partial charge >= 0.3 is 0 Å². The Bertz CT molecular complexity index is 846. The molecule has 0 bridgehead atoms. The van der Waals surface area contributed by atoms with Gasteiger partial charge in [-0.3, -0.25) is 9.59 Å². The number of likely N-dealkylation sites (tertiary alicyclic amines) is 1. The van der Waals surface area contributed by atoms with Gasteiger partial charge in [0.25, 0.3) is 0 Å². The number of hydrogen-bond acceptors (Lipinski definition) is 7. The van der Waals surface area contributed by atoms with E-state index in [1.165, 1.54) is 4.31 Å². The van der Waals surface area contributed by atoms with Crippen LogP contribution >= 0.6 is 0 Å². The molecule has 0 spiro atoms. The van der Waals surface area contributed by atoms with Crippen LogP contribution in [0.4, 0.5) is 0 Å². The van der Waals surface area contributed by atoms with Crippen LogP contribution < -0.4 is 0 Å². The fourth-order valence-electron chi connectivity index (χ4n) is 4.76. The van der Waals surface area contributed by atoms with E-state index in [0.717, 1.165) is 0 Å². The van der Waals surface area contributed by atoms with E-state index >= 15 is 0 Å². The molecule has 2 unspecified atom stereocenters. The minimum absolute atomic E-state index is 0.00134. The molecule has 11 heteroatoms. The highest BCUT2D eigenvalue weighted by atomic mass is 32.3. The lowest BCUT2D eigenvalue weighted by Crippen LogP contribution is -2.55. The second kappa shape index (κ2) is 8.37. The van der Waals surface area contributed by atoms with Crippen molar-refractivity contribution < 1.29 is 27.6 Å². The number of piperidine rings is 1. The van der Waals surface area contributed by atoms with Gasteiger partial charge in [-0.1, -0.05) is 9.37 Å². The predicted molar refractivity (Wildman–Crippen MR) is 105 cm³/mol. The third-order valence-corrected chi connectivity index (χ3v) is 8.42. The Labute approximate surface area is 176 Å².